The van der Waals surface area contributed by atoms with E-state index >= 15 is 0 Å². The summed E-state index contributed by atoms with van der Waals surface area (Å²) in [5, 5.41) is 16.9. The van der Waals surface area contributed by atoms with Gasteiger partial charge in [0.05, 0.1) is 25.2 Å². The van der Waals surface area contributed by atoms with Gasteiger partial charge in [-0.15, -0.1) is 11.3 Å². The van der Waals surface area contributed by atoms with Gasteiger partial charge in [-0.1, -0.05) is 6.07 Å². The van der Waals surface area contributed by atoms with E-state index in [2.05, 4.69) is 5.32 Å². The fourth-order valence-corrected chi connectivity index (χ4v) is 5.32. The molecule has 9 heteroatoms. The number of nitrogens with one attached hydrogen (secondary N) is 1. The zero-order chi connectivity index (χ0) is 23.8. The normalized spacial score (nSPS) is 17.1. The molecule has 1 aliphatic carbocycles. The topological polar surface area (TPSA) is 93.9 Å². The summed E-state index contributed by atoms with van der Waals surface area (Å²) in [7, 11) is 3.20. The average molecular weight is 480 g/mol. The Kier molecular flexibility index (Phi) is 5.87. The number of nitrogens with zero attached hydrogens (tertiary/aromatic N) is 2. The molecule has 1 amide bonds. The van der Waals surface area contributed by atoms with Gasteiger partial charge in [0.1, 0.15) is 5.69 Å². The maximum absolute atomic E-state index is 13.7. The lowest BCUT2D eigenvalue weighted by Gasteiger charge is -2.37. The second-order valence-corrected chi connectivity index (χ2v) is 9.46. The monoisotopic (exact) mass is 479 g/mol. The molecule has 1 atom stereocenters. The lowest BCUT2D eigenvalue weighted by Crippen LogP contribution is -2.40. The van der Waals surface area contributed by atoms with E-state index in [9.17, 15) is 14.9 Å². The zero-order valence-electron chi connectivity index (χ0n) is 18.9. The Balaban J connectivity index is 1.55. The number of nitro groups is 1. The maximum Gasteiger partial charge on any atom is 0.293 e. The number of anilines is 1. The Labute approximate surface area is 201 Å². The predicted octanol–water partition coefficient (Wildman–Crippen LogP) is 5.04. The van der Waals surface area contributed by atoms with Gasteiger partial charge in [-0.3, -0.25) is 14.9 Å². The molecule has 0 spiro atoms. The molecule has 0 bridgehead atoms. The Morgan fingerprint density at radius 3 is 2.56 bits per heavy atom. The third-order valence-corrected chi connectivity index (χ3v) is 7.25. The van der Waals surface area contributed by atoms with Crippen molar-refractivity contribution in [3.8, 4) is 11.5 Å². The quantitative estimate of drug-likeness (QED) is 0.377. The molecule has 2 aliphatic rings. The first-order chi connectivity index (χ1) is 16.5. The number of carbonyl (C=O) groups excluding carboxylic acids is 1. The highest BCUT2D eigenvalue weighted by atomic mass is 32.1. The Bertz CT molecular complexity index is 1240. The summed E-state index contributed by atoms with van der Waals surface area (Å²) < 4.78 is 11.0. The number of nitro benzene ring substituents is 1. The van der Waals surface area contributed by atoms with Crippen molar-refractivity contribution in [1.82, 2.24) is 4.90 Å². The van der Waals surface area contributed by atoms with E-state index in [4.69, 9.17) is 9.47 Å². The molecular weight excluding hydrogens is 454 g/mol. The van der Waals surface area contributed by atoms with Crippen LogP contribution in [0.5, 0.6) is 11.5 Å². The van der Waals surface area contributed by atoms with Crippen LogP contribution >= 0.6 is 11.3 Å². The van der Waals surface area contributed by atoms with Gasteiger partial charge >= 0.3 is 0 Å². The van der Waals surface area contributed by atoms with E-state index in [-0.39, 0.29) is 23.7 Å². The molecule has 2 heterocycles. The van der Waals surface area contributed by atoms with E-state index in [0.29, 0.717) is 35.7 Å². The summed E-state index contributed by atoms with van der Waals surface area (Å²) in [5.74, 6) is 1.02. The molecule has 1 fully saturated rings. The average Bonchev–Trinajstić information content (AvgIpc) is 3.50. The van der Waals surface area contributed by atoms with Crippen molar-refractivity contribution in [2.75, 3.05) is 26.1 Å². The summed E-state index contributed by atoms with van der Waals surface area (Å²) in [5.41, 5.74) is 2.75. The summed E-state index contributed by atoms with van der Waals surface area (Å²) in [6, 6.07) is 12.5. The third-order valence-electron chi connectivity index (χ3n) is 6.33. The molecule has 1 aromatic heterocycles. The van der Waals surface area contributed by atoms with Crippen LogP contribution in [0.25, 0.3) is 0 Å². The van der Waals surface area contributed by atoms with Crippen LogP contribution in [0.15, 0.2) is 47.8 Å². The lowest BCUT2D eigenvalue weighted by molar-refractivity contribution is -0.384. The van der Waals surface area contributed by atoms with Crippen LogP contribution in [0, 0.1) is 10.1 Å². The highest BCUT2D eigenvalue weighted by molar-refractivity contribution is 7.10. The predicted molar refractivity (Wildman–Crippen MR) is 130 cm³/mol. The number of benzene rings is 2. The first kappa shape index (κ1) is 22.2. The summed E-state index contributed by atoms with van der Waals surface area (Å²) >= 11 is 1.57. The van der Waals surface area contributed by atoms with E-state index in [1.165, 1.54) is 6.07 Å². The van der Waals surface area contributed by atoms with E-state index in [0.717, 1.165) is 28.8 Å². The maximum atomic E-state index is 13.7. The second-order valence-electron chi connectivity index (χ2n) is 8.48. The van der Waals surface area contributed by atoms with Crippen molar-refractivity contribution >= 4 is 28.6 Å². The highest BCUT2D eigenvalue weighted by Crippen LogP contribution is 2.43. The van der Waals surface area contributed by atoms with Crippen molar-refractivity contribution in [3.63, 3.8) is 0 Å². The first-order valence-corrected chi connectivity index (χ1v) is 12.0. The van der Waals surface area contributed by atoms with Gasteiger partial charge in [-0.2, -0.15) is 0 Å². The summed E-state index contributed by atoms with van der Waals surface area (Å²) in [6.45, 7) is 0.486. The highest BCUT2D eigenvalue weighted by Gasteiger charge is 2.35. The summed E-state index contributed by atoms with van der Waals surface area (Å²) in [6.07, 6.45) is 2.65. The number of ether oxygens (including phenoxy) is 2. The van der Waals surface area contributed by atoms with Crippen LogP contribution in [-0.2, 0) is 6.42 Å². The molecule has 0 radical (unpaired) electrons. The summed E-state index contributed by atoms with van der Waals surface area (Å²) in [4.78, 5) is 27.9. The Morgan fingerprint density at radius 1 is 1.15 bits per heavy atom. The molecule has 0 saturated heterocycles. The van der Waals surface area contributed by atoms with Gasteiger partial charge in [0, 0.05) is 29.1 Å². The van der Waals surface area contributed by atoms with Crippen LogP contribution in [-0.4, -0.2) is 42.5 Å². The minimum Gasteiger partial charge on any atom is -0.493 e. The van der Waals surface area contributed by atoms with E-state index < -0.39 is 4.92 Å². The van der Waals surface area contributed by atoms with Crippen LogP contribution in [0.4, 0.5) is 11.4 Å². The molecule has 1 aliphatic heterocycles. The standard InChI is InChI=1S/C25H25N3O5S/c1-32-21-13-15-9-10-27(24(23-4-3-11-34-23)18(15)14-22(21)33-2)25(29)16-5-8-19(26-17-6-7-17)20(12-16)28(30)31/h3-5,8,11-14,17,24,26H,6-7,9-10H2,1-2H3. The molecule has 1 unspecified atom stereocenters. The SMILES string of the molecule is COc1cc2c(cc1OC)C(c1cccs1)N(C(=O)c1ccc(NC3CC3)c([N+](=O)[O-])c1)CC2. The van der Waals surface area contributed by atoms with Crippen LogP contribution in [0.1, 0.15) is 45.2 Å². The van der Waals surface area contributed by atoms with Gasteiger partial charge in [-0.05, 0) is 66.1 Å². The minimum absolute atomic E-state index is 0.0748. The van der Waals surface area contributed by atoms with Crippen LogP contribution < -0.4 is 14.8 Å². The molecular formula is C25H25N3O5S. The molecule has 2 aromatic carbocycles. The van der Waals surface area contributed by atoms with Gasteiger partial charge in [0.25, 0.3) is 11.6 Å². The molecule has 1 saturated carbocycles. The zero-order valence-corrected chi connectivity index (χ0v) is 19.8. The van der Waals surface area contributed by atoms with E-state index in [1.54, 1.807) is 42.6 Å². The number of thiophene rings is 1. The number of amides is 1. The molecule has 5 rings (SSSR count). The molecule has 1 N–H and O–H groups in total. The molecule has 34 heavy (non-hydrogen) atoms. The fourth-order valence-electron chi connectivity index (χ4n) is 4.47. The van der Waals surface area contributed by atoms with Crippen LogP contribution in [0.2, 0.25) is 0 Å². The van der Waals surface area contributed by atoms with Crippen molar-refractivity contribution in [2.24, 2.45) is 0 Å². The number of carbonyl (C=O) groups is 1. The van der Waals surface area contributed by atoms with Gasteiger partial charge in [0.2, 0.25) is 0 Å². The van der Waals surface area contributed by atoms with Gasteiger partial charge in [0.15, 0.2) is 11.5 Å². The number of hydrogen-bond acceptors (Lipinski definition) is 7. The molecule has 8 nitrogen and oxygen atoms in total. The fraction of sp³-hybridized carbons (Fsp3) is 0.320. The van der Waals surface area contributed by atoms with Gasteiger partial charge in [-0.25, -0.2) is 0 Å². The minimum atomic E-state index is -0.430. The number of fused-ring (bicyclic) bond motifs is 1. The van der Waals surface area contributed by atoms with Crippen molar-refractivity contribution in [1.29, 1.82) is 0 Å². The van der Waals surface area contributed by atoms with E-state index in [1.807, 2.05) is 29.6 Å². The number of methoxy groups -OCH3 is 2. The smallest absolute Gasteiger partial charge is 0.293 e. The second kappa shape index (κ2) is 8.98. The van der Waals surface area contributed by atoms with Crippen molar-refractivity contribution in [3.05, 3.63) is 79.5 Å². The first-order valence-electron chi connectivity index (χ1n) is 11.1. The lowest BCUT2D eigenvalue weighted by atomic mass is 9.90. The molecule has 176 valence electrons. The van der Waals surface area contributed by atoms with Crippen molar-refractivity contribution in [2.45, 2.75) is 31.3 Å². The largest absolute Gasteiger partial charge is 0.493 e. The number of hydrogen-bond donors (Lipinski definition) is 1. The van der Waals surface area contributed by atoms with Crippen LogP contribution in [0.3, 0.4) is 0 Å². The van der Waals surface area contributed by atoms with Gasteiger partial charge < -0.3 is 19.7 Å². The Morgan fingerprint density at radius 2 is 1.91 bits per heavy atom. The molecule has 3 aromatic rings. The Hall–Kier alpha value is -3.59. The third kappa shape index (κ3) is 4.07. The van der Waals surface area contributed by atoms with Crippen molar-refractivity contribution < 1.29 is 19.2 Å². The number of rotatable bonds is 7.